The topological polar surface area (TPSA) is 82.1 Å². The van der Waals surface area contributed by atoms with Crippen LogP contribution < -0.4 is 0 Å². The van der Waals surface area contributed by atoms with E-state index in [9.17, 15) is 10.1 Å². The Kier molecular flexibility index (Phi) is 2.86. The van der Waals surface area contributed by atoms with Crippen LogP contribution in [0.25, 0.3) is 11.5 Å². The van der Waals surface area contributed by atoms with Crippen LogP contribution in [-0.4, -0.2) is 21.4 Å². The fourth-order valence-electron chi connectivity index (χ4n) is 1.16. The van der Waals surface area contributed by atoms with Gasteiger partial charge >= 0.3 is 0 Å². The van der Waals surface area contributed by atoms with Crippen molar-refractivity contribution >= 4 is 17.4 Å². The Morgan fingerprint density at radius 2 is 2.25 bits per heavy atom. The van der Waals surface area contributed by atoms with Gasteiger partial charge < -0.3 is 4.42 Å². The number of thioether (sulfide) groups is 1. The van der Waals surface area contributed by atoms with Crippen LogP contribution in [-0.2, 0) is 0 Å². The lowest BCUT2D eigenvalue weighted by Gasteiger charge is -1.94. The fraction of sp³-hybridized carbons (Fsp3) is 0.111. The molecule has 0 aliphatic heterocycles. The van der Waals surface area contributed by atoms with Crippen molar-refractivity contribution < 1.29 is 9.34 Å². The van der Waals surface area contributed by atoms with E-state index in [1.807, 2.05) is 6.26 Å². The standard InChI is InChI=1S/C9H7N3O3S/c1-16-9-11-10-8(15-9)6-3-2-4-7(5-6)12(13)14/h2-5H,1H3. The molecule has 0 atom stereocenters. The van der Waals surface area contributed by atoms with Crippen LogP contribution in [0.1, 0.15) is 0 Å². The number of hydrogen-bond donors (Lipinski definition) is 0. The molecule has 0 spiro atoms. The highest BCUT2D eigenvalue weighted by Gasteiger charge is 2.11. The molecule has 1 aromatic carbocycles. The minimum Gasteiger partial charge on any atom is -0.411 e. The SMILES string of the molecule is CSc1nnc(-c2cccc([N+](=O)[O-])c2)o1. The van der Waals surface area contributed by atoms with Crippen molar-refractivity contribution in [2.75, 3.05) is 6.26 Å². The van der Waals surface area contributed by atoms with Gasteiger partial charge in [-0.3, -0.25) is 10.1 Å². The summed E-state index contributed by atoms with van der Waals surface area (Å²) in [5.41, 5.74) is 0.545. The summed E-state index contributed by atoms with van der Waals surface area (Å²) >= 11 is 1.32. The minimum atomic E-state index is -0.463. The van der Waals surface area contributed by atoms with Crippen molar-refractivity contribution in [2.45, 2.75) is 5.22 Å². The van der Waals surface area contributed by atoms with E-state index in [1.54, 1.807) is 12.1 Å². The van der Waals surface area contributed by atoms with Gasteiger partial charge in [0.15, 0.2) is 0 Å². The molecule has 16 heavy (non-hydrogen) atoms. The highest BCUT2D eigenvalue weighted by Crippen LogP contribution is 2.24. The number of hydrogen-bond acceptors (Lipinski definition) is 6. The second-order valence-corrected chi connectivity index (χ2v) is 3.64. The summed E-state index contributed by atoms with van der Waals surface area (Å²) < 4.78 is 5.27. The van der Waals surface area contributed by atoms with E-state index in [0.29, 0.717) is 10.8 Å². The van der Waals surface area contributed by atoms with Crippen molar-refractivity contribution in [3.05, 3.63) is 34.4 Å². The zero-order valence-electron chi connectivity index (χ0n) is 8.28. The second-order valence-electron chi connectivity index (χ2n) is 2.88. The fourth-order valence-corrected chi connectivity index (χ4v) is 1.45. The van der Waals surface area contributed by atoms with Gasteiger partial charge in [-0.25, -0.2) is 0 Å². The van der Waals surface area contributed by atoms with Crippen LogP contribution in [0.15, 0.2) is 33.9 Å². The smallest absolute Gasteiger partial charge is 0.276 e. The minimum absolute atomic E-state index is 0.00130. The normalized spacial score (nSPS) is 10.3. The zero-order chi connectivity index (χ0) is 11.5. The second kappa shape index (κ2) is 4.31. The number of nitro groups is 1. The molecule has 7 heteroatoms. The Bertz CT molecular complexity index is 526. The lowest BCUT2D eigenvalue weighted by atomic mass is 10.2. The molecule has 0 amide bonds. The number of non-ortho nitro benzene ring substituents is 1. The Balaban J connectivity index is 2.40. The molecule has 0 saturated heterocycles. The predicted molar refractivity (Wildman–Crippen MR) is 58.2 cm³/mol. The Morgan fingerprint density at radius 1 is 1.44 bits per heavy atom. The molecule has 0 aliphatic carbocycles. The third kappa shape index (κ3) is 2.03. The molecular weight excluding hydrogens is 230 g/mol. The van der Waals surface area contributed by atoms with Crippen LogP contribution in [0.2, 0.25) is 0 Å². The van der Waals surface area contributed by atoms with Gasteiger partial charge in [-0.1, -0.05) is 17.8 Å². The highest BCUT2D eigenvalue weighted by atomic mass is 32.2. The summed E-state index contributed by atoms with van der Waals surface area (Å²) in [6.07, 6.45) is 1.81. The van der Waals surface area contributed by atoms with E-state index in [-0.39, 0.29) is 11.6 Å². The summed E-state index contributed by atoms with van der Waals surface area (Å²) in [5, 5.41) is 18.6. The average molecular weight is 237 g/mol. The number of nitrogens with zero attached hydrogens (tertiary/aromatic N) is 3. The maximum absolute atomic E-state index is 10.6. The Morgan fingerprint density at radius 3 is 2.88 bits per heavy atom. The van der Waals surface area contributed by atoms with Crippen LogP contribution in [0, 0.1) is 10.1 Å². The maximum Gasteiger partial charge on any atom is 0.276 e. The van der Waals surface area contributed by atoms with Gasteiger partial charge in [-0.05, 0) is 12.3 Å². The van der Waals surface area contributed by atoms with Gasteiger partial charge in [-0.15, -0.1) is 10.2 Å². The van der Waals surface area contributed by atoms with E-state index in [2.05, 4.69) is 10.2 Å². The molecule has 0 radical (unpaired) electrons. The number of nitro benzene ring substituents is 1. The molecule has 6 nitrogen and oxygen atoms in total. The van der Waals surface area contributed by atoms with Crippen molar-refractivity contribution in [3.8, 4) is 11.5 Å². The summed E-state index contributed by atoms with van der Waals surface area (Å²) in [7, 11) is 0. The predicted octanol–water partition coefficient (Wildman–Crippen LogP) is 2.37. The van der Waals surface area contributed by atoms with E-state index in [0.717, 1.165) is 0 Å². The van der Waals surface area contributed by atoms with Gasteiger partial charge in [0.2, 0.25) is 5.89 Å². The molecule has 82 valence electrons. The van der Waals surface area contributed by atoms with E-state index < -0.39 is 4.92 Å². The average Bonchev–Trinajstić information content (AvgIpc) is 2.77. The van der Waals surface area contributed by atoms with Crippen molar-refractivity contribution in [2.24, 2.45) is 0 Å². The summed E-state index contributed by atoms with van der Waals surface area (Å²) in [6, 6.07) is 6.08. The first-order chi connectivity index (χ1) is 7.70. The number of benzene rings is 1. The number of rotatable bonds is 3. The van der Waals surface area contributed by atoms with Gasteiger partial charge in [0.05, 0.1) is 4.92 Å². The highest BCUT2D eigenvalue weighted by molar-refractivity contribution is 7.98. The molecule has 0 bridgehead atoms. The summed E-state index contributed by atoms with van der Waals surface area (Å²) in [5.74, 6) is 0.285. The quantitative estimate of drug-likeness (QED) is 0.463. The lowest BCUT2D eigenvalue weighted by Crippen LogP contribution is -1.88. The summed E-state index contributed by atoms with van der Waals surface area (Å²) in [6.45, 7) is 0. The van der Waals surface area contributed by atoms with Gasteiger partial charge in [0.25, 0.3) is 10.9 Å². The van der Waals surface area contributed by atoms with Crippen LogP contribution in [0.5, 0.6) is 0 Å². The zero-order valence-corrected chi connectivity index (χ0v) is 9.10. The molecule has 2 rings (SSSR count). The van der Waals surface area contributed by atoms with Gasteiger partial charge in [0, 0.05) is 17.7 Å². The van der Waals surface area contributed by atoms with E-state index in [4.69, 9.17) is 4.42 Å². The monoisotopic (exact) mass is 237 g/mol. The van der Waals surface area contributed by atoms with Gasteiger partial charge in [-0.2, -0.15) is 0 Å². The number of aromatic nitrogens is 2. The van der Waals surface area contributed by atoms with Crippen LogP contribution in [0.3, 0.4) is 0 Å². The Labute approximate surface area is 94.8 Å². The maximum atomic E-state index is 10.6. The largest absolute Gasteiger partial charge is 0.411 e. The molecule has 0 aliphatic rings. The Hall–Kier alpha value is -1.89. The van der Waals surface area contributed by atoms with Crippen molar-refractivity contribution in [3.63, 3.8) is 0 Å². The third-order valence-corrected chi connectivity index (χ3v) is 2.40. The first-order valence-electron chi connectivity index (χ1n) is 4.33. The summed E-state index contributed by atoms with van der Waals surface area (Å²) in [4.78, 5) is 10.1. The molecule has 1 heterocycles. The molecule has 2 aromatic rings. The molecule has 1 aromatic heterocycles. The molecule has 0 N–H and O–H groups in total. The lowest BCUT2D eigenvalue weighted by molar-refractivity contribution is -0.384. The first kappa shape index (κ1) is 10.6. The first-order valence-corrected chi connectivity index (χ1v) is 5.55. The molecule has 0 unspecified atom stereocenters. The molecule has 0 fully saturated rings. The molecular formula is C9H7N3O3S. The van der Waals surface area contributed by atoms with E-state index in [1.165, 1.54) is 23.9 Å². The van der Waals surface area contributed by atoms with Crippen LogP contribution >= 0.6 is 11.8 Å². The van der Waals surface area contributed by atoms with Crippen molar-refractivity contribution in [1.82, 2.24) is 10.2 Å². The van der Waals surface area contributed by atoms with E-state index >= 15 is 0 Å². The third-order valence-electron chi connectivity index (χ3n) is 1.89. The van der Waals surface area contributed by atoms with Crippen LogP contribution in [0.4, 0.5) is 5.69 Å². The van der Waals surface area contributed by atoms with Crippen molar-refractivity contribution in [1.29, 1.82) is 0 Å². The molecule has 0 saturated carbocycles. The van der Waals surface area contributed by atoms with Gasteiger partial charge in [0.1, 0.15) is 0 Å².